The number of hydrogen-bond donors (Lipinski definition) is 2. The van der Waals surface area contributed by atoms with Crippen molar-refractivity contribution in [3.8, 4) is 5.75 Å². The van der Waals surface area contributed by atoms with Crippen molar-refractivity contribution in [2.75, 3.05) is 6.54 Å². The molecule has 0 unspecified atom stereocenters. The zero-order chi connectivity index (χ0) is 19.0. The molecule has 0 saturated heterocycles. The Morgan fingerprint density at radius 2 is 1.85 bits per heavy atom. The smallest absolute Gasteiger partial charge is 0.466 e. The molecule has 1 aliphatic carbocycles. The summed E-state index contributed by atoms with van der Waals surface area (Å²) in [7, 11) is -4.04. The molecule has 0 radical (unpaired) electrons. The molecule has 142 valence electrons. The van der Waals surface area contributed by atoms with Crippen molar-refractivity contribution in [1.82, 2.24) is 4.72 Å². The van der Waals surface area contributed by atoms with Gasteiger partial charge in [0.2, 0.25) is 10.0 Å². The summed E-state index contributed by atoms with van der Waals surface area (Å²) in [5, 5.41) is 10.8. The first kappa shape index (κ1) is 18.7. The van der Waals surface area contributed by atoms with E-state index in [1.165, 1.54) is 6.26 Å². The number of hydrogen-bond acceptors (Lipinski definition) is 5. The highest BCUT2D eigenvalue weighted by atomic mass is 32.2. The van der Waals surface area contributed by atoms with Gasteiger partial charge in [-0.15, -0.1) is 13.2 Å². The number of nitrogens with one attached hydrogen (secondary N) is 1. The number of alkyl halides is 3. The van der Waals surface area contributed by atoms with Crippen LogP contribution in [0.2, 0.25) is 0 Å². The molecule has 2 N–H and O–H groups in total. The molecule has 1 saturated carbocycles. The molecule has 10 heteroatoms. The van der Waals surface area contributed by atoms with Crippen LogP contribution in [-0.4, -0.2) is 26.4 Å². The van der Waals surface area contributed by atoms with Gasteiger partial charge in [0.1, 0.15) is 17.1 Å². The number of furan rings is 1. The van der Waals surface area contributed by atoms with Crippen molar-refractivity contribution >= 4 is 10.0 Å². The summed E-state index contributed by atoms with van der Waals surface area (Å²) in [6, 6.07) is 6.95. The lowest BCUT2D eigenvalue weighted by Crippen LogP contribution is -2.42. The molecule has 3 rings (SSSR count). The fraction of sp³-hybridized carbons (Fsp3) is 0.375. The topological polar surface area (TPSA) is 88.8 Å². The Kier molecular flexibility index (Phi) is 4.76. The third kappa shape index (κ3) is 4.19. The van der Waals surface area contributed by atoms with E-state index in [-0.39, 0.29) is 23.1 Å². The predicted molar refractivity (Wildman–Crippen MR) is 83.6 cm³/mol. The molecule has 1 aromatic heterocycles. The van der Waals surface area contributed by atoms with Gasteiger partial charge in [-0.3, -0.25) is 0 Å². The second kappa shape index (κ2) is 6.60. The molecule has 2 aromatic rings. The minimum atomic E-state index is -4.86. The van der Waals surface area contributed by atoms with Crippen LogP contribution in [0.1, 0.15) is 18.6 Å². The van der Waals surface area contributed by atoms with E-state index in [0.29, 0.717) is 0 Å². The molecular formula is C16H16F3NO5S. The van der Waals surface area contributed by atoms with E-state index in [2.05, 4.69) is 9.46 Å². The van der Waals surface area contributed by atoms with Gasteiger partial charge in [-0.25, -0.2) is 13.1 Å². The van der Waals surface area contributed by atoms with Crippen molar-refractivity contribution in [1.29, 1.82) is 0 Å². The van der Waals surface area contributed by atoms with Crippen molar-refractivity contribution in [2.24, 2.45) is 5.92 Å². The molecule has 26 heavy (non-hydrogen) atoms. The summed E-state index contributed by atoms with van der Waals surface area (Å²) in [6.45, 7) is -0.311. The quantitative estimate of drug-likeness (QED) is 0.758. The van der Waals surface area contributed by atoms with Crippen LogP contribution >= 0.6 is 0 Å². The first-order valence-electron chi connectivity index (χ1n) is 7.72. The normalized spacial score (nSPS) is 17.7. The summed E-state index contributed by atoms with van der Waals surface area (Å²) < 4.78 is 72.4. The van der Waals surface area contributed by atoms with Gasteiger partial charge in [0, 0.05) is 6.54 Å². The van der Waals surface area contributed by atoms with Gasteiger partial charge in [0.25, 0.3) is 0 Å². The van der Waals surface area contributed by atoms with E-state index < -0.39 is 27.7 Å². The summed E-state index contributed by atoms with van der Waals surface area (Å²) >= 11 is 0. The maximum Gasteiger partial charge on any atom is 0.573 e. The number of halogens is 3. The number of aliphatic hydroxyl groups is 1. The van der Waals surface area contributed by atoms with Crippen LogP contribution in [0.25, 0.3) is 0 Å². The van der Waals surface area contributed by atoms with Gasteiger partial charge >= 0.3 is 6.36 Å². The Balaban J connectivity index is 1.72. The zero-order valence-corrected chi connectivity index (χ0v) is 14.2. The number of rotatable bonds is 7. The van der Waals surface area contributed by atoms with Crippen LogP contribution in [-0.2, 0) is 15.6 Å². The van der Waals surface area contributed by atoms with Gasteiger partial charge in [0.05, 0.1) is 11.2 Å². The van der Waals surface area contributed by atoms with Crippen molar-refractivity contribution in [3.63, 3.8) is 0 Å². The van der Waals surface area contributed by atoms with Gasteiger partial charge in [0.15, 0.2) is 0 Å². The molecule has 6 nitrogen and oxygen atoms in total. The molecule has 1 aliphatic rings. The molecule has 0 bridgehead atoms. The van der Waals surface area contributed by atoms with Gasteiger partial charge in [-0.05, 0) is 55.2 Å². The Morgan fingerprint density at radius 3 is 2.35 bits per heavy atom. The van der Waals surface area contributed by atoms with Crippen molar-refractivity contribution in [3.05, 3.63) is 48.4 Å². The number of ether oxygens (including phenoxy) is 1. The molecule has 0 aliphatic heterocycles. The average Bonchev–Trinajstić information content (AvgIpc) is 3.27. The Morgan fingerprint density at radius 1 is 1.19 bits per heavy atom. The predicted octanol–water partition coefficient (Wildman–Crippen LogP) is 2.75. The number of benzene rings is 1. The van der Waals surface area contributed by atoms with E-state index in [0.717, 1.165) is 37.1 Å². The lowest BCUT2D eigenvalue weighted by Gasteiger charge is -2.26. The largest absolute Gasteiger partial charge is 0.573 e. The lowest BCUT2D eigenvalue weighted by atomic mass is 9.95. The van der Waals surface area contributed by atoms with Gasteiger partial charge in [-0.2, -0.15) is 0 Å². The third-order valence-electron chi connectivity index (χ3n) is 4.10. The molecule has 0 amide bonds. The first-order chi connectivity index (χ1) is 12.1. The van der Waals surface area contributed by atoms with E-state index in [1.54, 1.807) is 12.1 Å². The first-order valence-corrected chi connectivity index (χ1v) is 9.20. The van der Waals surface area contributed by atoms with Crippen LogP contribution < -0.4 is 9.46 Å². The van der Waals surface area contributed by atoms with E-state index in [1.807, 2.05) is 0 Å². The van der Waals surface area contributed by atoms with Crippen molar-refractivity contribution < 1.29 is 35.8 Å². The second-order valence-electron chi connectivity index (χ2n) is 6.02. The Hall–Kier alpha value is -2.04. The monoisotopic (exact) mass is 391 g/mol. The third-order valence-corrected chi connectivity index (χ3v) is 5.52. The van der Waals surface area contributed by atoms with E-state index in [9.17, 15) is 26.7 Å². The van der Waals surface area contributed by atoms with Crippen LogP contribution in [0.15, 0.2) is 52.0 Å². The summed E-state index contributed by atoms with van der Waals surface area (Å²) in [6.07, 6.45) is -2.00. The van der Waals surface area contributed by atoms with Gasteiger partial charge in [-0.1, -0.05) is 0 Å². The summed E-state index contributed by atoms with van der Waals surface area (Å²) in [5.74, 6) is -0.392. The molecule has 1 fully saturated rings. The highest BCUT2D eigenvalue weighted by molar-refractivity contribution is 7.89. The van der Waals surface area contributed by atoms with Crippen LogP contribution in [0, 0.1) is 5.92 Å². The minimum absolute atomic E-state index is 0.126. The maximum atomic E-state index is 12.4. The number of sulfonamides is 1. The highest BCUT2D eigenvalue weighted by Gasteiger charge is 2.47. The Bertz CT molecular complexity index is 845. The molecular weight excluding hydrogens is 375 g/mol. The van der Waals surface area contributed by atoms with Crippen molar-refractivity contribution in [2.45, 2.75) is 29.7 Å². The lowest BCUT2D eigenvalue weighted by molar-refractivity contribution is -0.274. The molecule has 1 heterocycles. The average molecular weight is 391 g/mol. The second-order valence-corrected chi connectivity index (χ2v) is 7.79. The zero-order valence-electron chi connectivity index (χ0n) is 13.4. The van der Waals surface area contributed by atoms with Crippen LogP contribution in [0.5, 0.6) is 5.75 Å². The molecule has 1 atom stereocenters. The standard InChI is InChI=1S/C16H16F3NO5S/c17-16(18,19)25-12-5-7-13(8-6-12)26(22,23)20-10-15(21,11-3-4-11)14-2-1-9-24-14/h1-2,5-9,11,20-21H,3-4,10H2/t15-/m0/s1. The fourth-order valence-corrected chi connectivity index (χ4v) is 3.70. The summed E-state index contributed by atoms with van der Waals surface area (Å²) in [4.78, 5) is -0.246. The highest BCUT2D eigenvalue weighted by Crippen LogP contribution is 2.45. The van der Waals surface area contributed by atoms with Gasteiger partial charge < -0.3 is 14.3 Å². The fourth-order valence-electron chi connectivity index (χ4n) is 2.63. The van der Waals surface area contributed by atoms with Crippen LogP contribution in [0.4, 0.5) is 13.2 Å². The van der Waals surface area contributed by atoms with E-state index in [4.69, 9.17) is 4.42 Å². The van der Waals surface area contributed by atoms with Crippen LogP contribution in [0.3, 0.4) is 0 Å². The molecule has 1 aromatic carbocycles. The summed E-state index contributed by atoms with van der Waals surface area (Å²) in [5.41, 5.74) is -1.48. The maximum absolute atomic E-state index is 12.4. The Labute approximate surface area is 147 Å². The minimum Gasteiger partial charge on any atom is -0.466 e. The SMILES string of the molecule is O=S(=O)(NC[C@@](O)(c1ccco1)C1CC1)c1ccc(OC(F)(F)F)cc1. The molecule has 0 spiro atoms. The van der Waals surface area contributed by atoms with E-state index >= 15 is 0 Å².